The summed E-state index contributed by atoms with van der Waals surface area (Å²) >= 11 is 1.87. The van der Waals surface area contributed by atoms with Crippen molar-refractivity contribution in [1.82, 2.24) is 9.97 Å². The molecule has 0 aliphatic carbocycles. The van der Waals surface area contributed by atoms with Crippen LogP contribution in [0.3, 0.4) is 0 Å². The summed E-state index contributed by atoms with van der Waals surface area (Å²) in [4.78, 5) is 18.0. The number of hydrogen-bond acceptors (Lipinski definition) is 2. The molecule has 88 valence electrons. The van der Waals surface area contributed by atoms with E-state index in [1.807, 2.05) is 22.6 Å². The monoisotopic (exact) mass is 348 g/mol. The largest absolute Gasteiger partial charge is 0.306 e. The summed E-state index contributed by atoms with van der Waals surface area (Å²) in [6.45, 7) is 0. The number of aromatic amines is 1. The molecule has 0 radical (unpaired) electrons. The first kappa shape index (κ1) is 12.2. The third kappa shape index (κ3) is 2.68. The maximum atomic E-state index is 12.3. The Balaban J connectivity index is 2.40. The summed E-state index contributed by atoms with van der Waals surface area (Å²) in [7, 11) is 0. The number of aromatic nitrogens is 2. The fourth-order valence-corrected chi connectivity index (χ4v) is 1.59. The van der Waals surface area contributed by atoms with Crippen LogP contribution in [0.5, 0.6) is 0 Å². The average Bonchev–Trinajstić information content (AvgIpc) is 2.33. The highest BCUT2D eigenvalue weighted by atomic mass is 127. The van der Waals surface area contributed by atoms with Crippen molar-refractivity contribution in [2.75, 3.05) is 0 Å². The molecular weight excluding hydrogens is 341 g/mol. The van der Waals surface area contributed by atoms with Gasteiger partial charge >= 0.3 is 0 Å². The van der Waals surface area contributed by atoms with Crippen molar-refractivity contribution in [3.05, 3.63) is 49.9 Å². The molecular formula is C11H7F2IN2O. The summed E-state index contributed by atoms with van der Waals surface area (Å²) < 4.78 is 25.2. The van der Waals surface area contributed by atoms with E-state index in [2.05, 4.69) is 9.97 Å². The second-order valence-corrected chi connectivity index (χ2v) is 4.49. The molecule has 0 unspecified atom stereocenters. The number of benzene rings is 1. The van der Waals surface area contributed by atoms with Crippen molar-refractivity contribution in [2.24, 2.45) is 0 Å². The van der Waals surface area contributed by atoms with Gasteiger partial charge in [0.15, 0.2) is 0 Å². The zero-order chi connectivity index (χ0) is 12.4. The van der Waals surface area contributed by atoms with E-state index in [0.29, 0.717) is 15.0 Å². The van der Waals surface area contributed by atoms with Gasteiger partial charge in [-0.25, -0.2) is 13.8 Å². The number of nitrogens with one attached hydrogen (secondary N) is 1. The van der Waals surface area contributed by atoms with E-state index in [9.17, 15) is 13.6 Å². The summed E-state index contributed by atoms with van der Waals surface area (Å²) in [6, 6.07) is 5.65. The fraction of sp³-hybridized carbons (Fsp3) is 0.0909. The molecule has 2 aromatic rings. The molecule has 0 fully saturated rings. The van der Waals surface area contributed by atoms with Crippen molar-refractivity contribution in [3.8, 4) is 11.4 Å². The van der Waals surface area contributed by atoms with Crippen molar-refractivity contribution in [1.29, 1.82) is 0 Å². The molecule has 0 aliphatic heterocycles. The van der Waals surface area contributed by atoms with Crippen molar-refractivity contribution in [3.63, 3.8) is 0 Å². The first-order valence-corrected chi connectivity index (χ1v) is 5.79. The lowest BCUT2D eigenvalue weighted by Crippen LogP contribution is -2.11. The van der Waals surface area contributed by atoms with Gasteiger partial charge in [-0.3, -0.25) is 4.79 Å². The van der Waals surface area contributed by atoms with Gasteiger partial charge in [0, 0.05) is 17.3 Å². The molecule has 0 aliphatic rings. The van der Waals surface area contributed by atoms with Gasteiger partial charge in [-0.15, -0.1) is 0 Å². The molecule has 0 saturated heterocycles. The van der Waals surface area contributed by atoms with Crippen molar-refractivity contribution in [2.45, 2.75) is 6.43 Å². The van der Waals surface area contributed by atoms with Crippen LogP contribution in [0, 0.1) is 3.57 Å². The van der Waals surface area contributed by atoms with Crippen molar-refractivity contribution < 1.29 is 8.78 Å². The normalized spacial score (nSPS) is 10.8. The molecule has 0 amide bonds. The van der Waals surface area contributed by atoms with Gasteiger partial charge in [-0.1, -0.05) is 24.3 Å². The van der Waals surface area contributed by atoms with Gasteiger partial charge < -0.3 is 4.98 Å². The minimum absolute atomic E-state index is 0.0541. The molecule has 0 atom stereocenters. The van der Waals surface area contributed by atoms with Crippen LogP contribution in [0.2, 0.25) is 0 Å². The standard InChI is InChI=1S/C11H7F2IN2O/c12-9(13)6-1-3-7(4-2-6)10-15-5-8(14)11(17)16-10/h1-5,9H,(H,15,16,17). The van der Waals surface area contributed by atoms with E-state index < -0.39 is 6.43 Å². The molecule has 17 heavy (non-hydrogen) atoms. The van der Waals surface area contributed by atoms with Crippen LogP contribution >= 0.6 is 22.6 Å². The third-order valence-corrected chi connectivity index (χ3v) is 2.96. The molecule has 3 nitrogen and oxygen atoms in total. The number of H-pyrrole nitrogens is 1. The van der Waals surface area contributed by atoms with Gasteiger partial charge in [0.1, 0.15) is 5.82 Å². The average molecular weight is 348 g/mol. The maximum Gasteiger partial charge on any atom is 0.264 e. The van der Waals surface area contributed by atoms with E-state index in [1.165, 1.54) is 30.5 Å². The molecule has 0 spiro atoms. The number of rotatable bonds is 2. The van der Waals surface area contributed by atoms with E-state index in [1.54, 1.807) is 0 Å². The number of hydrogen-bond donors (Lipinski definition) is 1. The Hall–Kier alpha value is -1.31. The van der Waals surface area contributed by atoms with E-state index in [0.717, 1.165) is 0 Å². The second-order valence-electron chi connectivity index (χ2n) is 3.33. The molecule has 0 bridgehead atoms. The fourth-order valence-electron chi connectivity index (χ4n) is 1.31. The van der Waals surface area contributed by atoms with Crippen LogP contribution in [0.4, 0.5) is 8.78 Å². The first-order chi connectivity index (χ1) is 8.08. The van der Waals surface area contributed by atoms with E-state index in [4.69, 9.17) is 0 Å². The van der Waals surface area contributed by atoms with Crippen molar-refractivity contribution >= 4 is 22.6 Å². The molecule has 0 saturated carbocycles. The predicted octanol–water partition coefficient (Wildman–Crippen LogP) is 2.98. The van der Waals surface area contributed by atoms with Crippen LogP contribution in [-0.4, -0.2) is 9.97 Å². The lowest BCUT2D eigenvalue weighted by molar-refractivity contribution is 0.151. The topological polar surface area (TPSA) is 45.8 Å². The van der Waals surface area contributed by atoms with Crippen LogP contribution in [0.15, 0.2) is 35.3 Å². The zero-order valence-electron chi connectivity index (χ0n) is 8.45. The molecule has 2 rings (SSSR count). The van der Waals surface area contributed by atoms with E-state index in [-0.39, 0.29) is 11.1 Å². The smallest absolute Gasteiger partial charge is 0.264 e. The summed E-state index contributed by atoms with van der Waals surface area (Å²) in [5, 5.41) is 0. The Bertz CT molecular complexity index is 581. The highest BCUT2D eigenvalue weighted by Gasteiger charge is 2.07. The predicted molar refractivity (Wildman–Crippen MR) is 68.0 cm³/mol. The summed E-state index contributed by atoms with van der Waals surface area (Å²) in [5.74, 6) is 0.372. The SMILES string of the molecule is O=c1[nH]c(-c2ccc(C(F)F)cc2)ncc1I. The van der Waals surface area contributed by atoms with Crippen LogP contribution < -0.4 is 5.56 Å². The Labute approximate surface area is 109 Å². The molecule has 1 N–H and O–H groups in total. The lowest BCUT2D eigenvalue weighted by atomic mass is 10.1. The van der Waals surface area contributed by atoms with Gasteiger partial charge in [-0.2, -0.15) is 0 Å². The van der Waals surface area contributed by atoms with Gasteiger partial charge in [0.05, 0.1) is 3.57 Å². The van der Waals surface area contributed by atoms with Gasteiger partial charge in [-0.05, 0) is 22.6 Å². The molecule has 1 aromatic heterocycles. The summed E-state index contributed by atoms with van der Waals surface area (Å²) in [6.07, 6.45) is -1.05. The minimum atomic E-state index is -2.49. The molecule has 1 heterocycles. The molecule has 6 heteroatoms. The van der Waals surface area contributed by atoms with Crippen LogP contribution in [-0.2, 0) is 0 Å². The quantitative estimate of drug-likeness (QED) is 0.849. The lowest BCUT2D eigenvalue weighted by Gasteiger charge is -2.03. The van der Waals surface area contributed by atoms with Gasteiger partial charge in [0.25, 0.3) is 12.0 Å². The van der Waals surface area contributed by atoms with Gasteiger partial charge in [0.2, 0.25) is 0 Å². The van der Waals surface area contributed by atoms with Crippen LogP contribution in [0.1, 0.15) is 12.0 Å². The number of alkyl halides is 2. The highest BCUT2D eigenvalue weighted by molar-refractivity contribution is 14.1. The van der Waals surface area contributed by atoms with Crippen LogP contribution in [0.25, 0.3) is 11.4 Å². The Kier molecular flexibility index (Phi) is 3.51. The zero-order valence-corrected chi connectivity index (χ0v) is 10.6. The first-order valence-electron chi connectivity index (χ1n) is 4.71. The molecule has 1 aromatic carbocycles. The Morgan fingerprint density at radius 2 is 1.88 bits per heavy atom. The number of nitrogens with zero attached hydrogens (tertiary/aromatic N) is 1. The minimum Gasteiger partial charge on any atom is -0.306 e. The Morgan fingerprint density at radius 1 is 1.24 bits per heavy atom. The third-order valence-electron chi connectivity index (χ3n) is 2.19. The number of halogens is 3. The highest BCUT2D eigenvalue weighted by Crippen LogP contribution is 2.21. The van der Waals surface area contributed by atoms with E-state index >= 15 is 0 Å². The second kappa shape index (κ2) is 4.91. The maximum absolute atomic E-state index is 12.3. The summed E-state index contributed by atoms with van der Waals surface area (Å²) in [5.41, 5.74) is 0.304. The Morgan fingerprint density at radius 3 is 2.41 bits per heavy atom.